The van der Waals surface area contributed by atoms with E-state index < -0.39 is 30.3 Å². The topological polar surface area (TPSA) is 91.0 Å². The molecule has 1 aliphatic heterocycles. The molecule has 0 aromatic rings. The summed E-state index contributed by atoms with van der Waals surface area (Å²) in [6.45, 7) is 6.80. The minimum Gasteiger partial charge on any atom is -0.459 e. The molecule has 0 saturated carbocycles. The molecule has 1 heterocycles. The van der Waals surface area contributed by atoms with E-state index in [0.29, 0.717) is 5.57 Å². The smallest absolute Gasteiger partial charge is 0.333 e. The predicted molar refractivity (Wildman–Crippen MR) is 64.9 cm³/mol. The summed E-state index contributed by atoms with van der Waals surface area (Å²) < 4.78 is 15.8. The zero-order chi connectivity index (χ0) is 13.9. The van der Waals surface area contributed by atoms with Crippen LogP contribution in [0.4, 0.5) is 0 Å². The maximum atomic E-state index is 11.3. The standard InChI is InChI=1S/C12H21NO5/c1-6(2)12(15)17-5-8-11(16-4)10(14)9(13)7(3)18-8/h7-11,14H,1,5,13H2,2-4H3/t7-,8?,9?,10+,11+/m0/s1. The van der Waals surface area contributed by atoms with Crippen molar-refractivity contribution >= 4 is 5.97 Å². The van der Waals surface area contributed by atoms with E-state index in [0.717, 1.165) is 0 Å². The van der Waals surface area contributed by atoms with Crippen LogP contribution in [0.15, 0.2) is 12.2 Å². The van der Waals surface area contributed by atoms with Crippen LogP contribution < -0.4 is 5.73 Å². The van der Waals surface area contributed by atoms with Crippen LogP contribution >= 0.6 is 0 Å². The molecule has 0 radical (unpaired) electrons. The molecular weight excluding hydrogens is 238 g/mol. The van der Waals surface area contributed by atoms with E-state index in [4.69, 9.17) is 19.9 Å². The summed E-state index contributed by atoms with van der Waals surface area (Å²) in [5.74, 6) is -0.495. The molecule has 2 unspecified atom stereocenters. The fourth-order valence-corrected chi connectivity index (χ4v) is 1.87. The number of esters is 1. The van der Waals surface area contributed by atoms with E-state index in [2.05, 4.69) is 6.58 Å². The molecule has 0 amide bonds. The molecule has 104 valence electrons. The number of nitrogens with two attached hydrogens (primary N) is 1. The molecule has 0 bridgehead atoms. The number of ether oxygens (including phenoxy) is 3. The van der Waals surface area contributed by atoms with Crippen LogP contribution in [-0.2, 0) is 19.0 Å². The van der Waals surface area contributed by atoms with Crippen LogP contribution in [0.2, 0.25) is 0 Å². The van der Waals surface area contributed by atoms with Crippen molar-refractivity contribution in [2.45, 2.75) is 44.3 Å². The van der Waals surface area contributed by atoms with Gasteiger partial charge in [-0.25, -0.2) is 4.79 Å². The quantitative estimate of drug-likeness (QED) is 0.527. The van der Waals surface area contributed by atoms with Gasteiger partial charge in [-0.05, 0) is 13.8 Å². The number of aliphatic hydroxyl groups excluding tert-OH is 1. The van der Waals surface area contributed by atoms with Crippen molar-refractivity contribution in [3.63, 3.8) is 0 Å². The number of carbonyl (C=O) groups excluding carboxylic acids is 1. The number of hydrogen-bond acceptors (Lipinski definition) is 6. The molecule has 1 fully saturated rings. The highest BCUT2D eigenvalue weighted by Crippen LogP contribution is 2.22. The largest absolute Gasteiger partial charge is 0.459 e. The zero-order valence-corrected chi connectivity index (χ0v) is 11.0. The molecule has 0 aliphatic carbocycles. The highest BCUT2D eigenvalue weighted by molar-refractivity contribution is 5.86. The summed E-state index contributed by atoms with van der Waals surface area (Å²) in [6, 6.07) is -0.525. The summed E-state index contributed by atoms with van der Waals surface area (Å²) in [7, 11) is 1.45. The van der Waals surface area contributed by atoms with E-state index in [1.165, 1.54) is 7.11 Å². The van der Waals surface area contributed by atoms with Gasteiger partial charge < -0.3 is 25.1 Å². The van der Waals surface area contributed by atoms with Gasteiger partial charge in [0.2, 0.25) is 0 Å². The van der Waals surface area contributed by atoms with E-state index in [9.17, 15) is 9.90 Å². The molecule has 5 atom stereocenters. The molecule has 6 heteroatoms. The lowest BCUT2D eigenvalue weighted by Crippen LogP contribution is -2.61. The number of methoxy groups -OCH3 is 1. The van der Waals surface area contributed by atoms with Crippen molar-refractivity contribution in [3.8, 4) is 0 Å². The fourth-order valence-electron chi connectivity index (χ4n) is 1.87. The van der Waals surface area contributed by atoms with Crippen molar-refractivity contribution in [3.05, 3.63) is 12.2 Å². The van der Waals surface area contributed by atoms with Crippen molar-refractivity contribution in [1.29, 1.82) is 0 Å². The third kappa shape index (κ3) is 3.29. The second-order valence-electron chi connectivity index (χ2n) is 4.53. The molecule has 0 aromatic carbocycles. The molecule has 1 aliphatic rings. The van der Waals surface area contributed by atoms with Crippen molar-refractivity contribution < 1.29 is 24.1 Å². The summed E-state index contributed by atoms with van der Waals surface area (Å²) in [6.07, 6.45) is -2.34. The Morgan fingerprint density at radius 1 is 1.56 bits per heavy atom. The van der Waals surface area contributed by atoms with Gasteiger partial charge in [0.25, 0.3) is 0 Å². The first-order chi connectivity index (χ1) is 8.38. The Labute approximate surface area is 107 Å². The van der Waals surface area contributed by atoms with E-state index >= 15 is 0 Å². The van der Waals surface area contributed by atoms with Crippen LogP contribution in [0, 0.1) is 0 Å². The number of aliphatic hydroxyl groups is 1. The molecule has 3 N–H and O–H groups in total. The van der Waals surface area contributed by atoms with Gasteiger partial charge in [-0.1, -0.05) is 6.58 Å². The van der Waals surface area contributed by atoms with Gasteiger partial charge in [0, 0.05) is 12.7 Å². The first-order valence-electron chi connectivity index (χ1n) is 5.83. The third-order valence-electron chi connectivity index (χ3n) is 3.03. The highest BCUT2D eigenvalue weighted by Gasteiger charge is 2.42. The molecule has 6 nitrogen and oxygen atoms in total. The first kappa shape index (κ1) is 15.1. The average Bonchev–Trinajstić information content (AvgIpc) is 2.33. The molecule has 0 spiro atoms. The van der Waals surface area contributed by atoms with Gasteiger partial charge in [0.05, 0.1) is 12.1 Å². The summed E-state index contributed by atoms with van der Waals surface area (Å²) >= 11 is 0. The lowest BCUT2D eigenvalue weighted by atomic mass is 9.94. The second-order valence-corrected chi connectivity index (χ2v) is 4.53. The SMILES string of the molecule is C=C(C)C(=O)OCC1O[C@@H](C)C(N)[C@@H](O)[C@@H]1OC. The Balaban J connectivity index is 2.62. The Hall–Kier alpha value is -0.950. The Kier molecular flexibility index (Phi) is 5.28. The maximum Gasteiger partial charge on any atom is 0.333 e. The van der Waals surface area contributed by atoms with E-state index in [1.807, 2.05) is 0 Å². The average molecular weight is 259 g/mol. The number of hydrogen-bond donors (Lipinski definition) is 2. The maximum absolute atomic E-state index is 11.3. The van der Waals surface area contributed by atoms with Crippen molar-refractivity contribution in [1.82, 2.24) is 0 Å². The fraction of sp³-hybridized carbons (Fsp3) is 0.750. The van der Waals surface area contributed by atoms with Gasteiger partial charge in [0.15, 0.2) is 0 Å². The van der Waals surface area contributed by atoms with E-state index in [1.54, 1.807) is 13.8 Å². The molecule has 18 heavy (non-hydrogen) atoms. The minimum atomic E-state index is -0.854. The van der Waals surface area contributed by atoms with Gasteiger partial charge >= 0.3 is 5.97 Å². The first-order valence-corrected chi connectivity index (χ1v) is 5.83. The number of rotatable bonds is 4. The predicted octanol–water partition coefficient (Wildman–Crippen LogP) is -0.404. The lowest BCUT2D eigenvalue weighted by molar-refractivity contribution is -0.199. The Morgan fingerprint density at radius 2 is 2.17 bits per heavy atom. The van der Waals surface area contributed by atoms with Crippen molar-refractivity contribution in [2.24, 2.45) is 5.73 Å². The van der Waals surface area contributed by atoms with Crippen LogP contribution in [0.25, 0.3) is 0 Å². The van der Waals surface area contributed by atoms with Crippen LogP contribution in [0.3, 0.4) is 0 Å². The molecule has 1 rings (SSSR count). The van der Waals surface area contributed by atoms with Gasteiger partial charge in [0.1, 0.15) is 24.9 Å². The zero-order valence-electron chi connectivity index (χ0n) is 11.0. The minimum absolute atomic E-state index is 0.00167. The van der Waals surface area contributed by atoms with Gasteiger partial charge in [-0.2, -0.15) is 0 Å². The third-order valence-corrected chi connectivity index (χ3v) is 3.03. The molecule has 0 aromatic heterocycles. The van der Waals surface area contributed by atoms with Crippen molar-refractivity contribution in [2.75, 3.05) is 13.7 Å². The lowest BCUT2D eigenvalue weighted by Gasteiger charge is -2.41. The monoisotopic (exact) mass is 259 g/mol. The Bertz CT molecular complexity index is 320. The summed E-state index contributed by atoms with van der Waals surface area (Å²) in [5.41, 5.74) is 6.09. The van der Waals surface area contributed by atoms with Gasteiger partial charge in [-0.3, -0.25) is 0 Å². The van der Waals surface area contributed by atoms with Crippen LogP contribution in [0.5, 0.6) is 0 Å². The normalized spacial score (nSPS) is 36.2. The summed E-state index contributed by atoms with van der Waals surface area (Å²) in [5, 5.41) is 9.96. The second kappa shape index (κ2) is 6.29. The Morgan fingerprint density at radius 3 is 2.67 bits per heavy atom. The number of carbonyl (C=O) groups is 1. The van der Waals surface area contributed by atoms with E-state index in [-0.39, 0.29) is 12.7 Å². The highest BCUT2D eigenvalue weighted by atomic mass is 16.6. The van der Waals surface area contributed by atoms with Crippen LogP contribution in [0.1, 0.15) is 13.8 Å². The summed E-state index contributed by atoms with van der Waals surface area (Å²) in [4.78, 5) is 11.3. The van der Waals surface area contributed by atoms with Crippen LogP contribution in [-0.4, -0.2) is 55.3 Å². The molecular formula is C12H21NO5. The molecule has 1 saturated heterocycles. The van der Waals surface area contributed by atoms with Gasteiger partial charge in [-0.15, -0.1) is 0 Å².